The average molecular weight is 221 g/mol. The molecule has 0 amide bonds. The maximum Gasteiger partial charge on any atom is 0.216 e. The second-order valence-electron chi connectivity index (χ2n) is 4.23. The van der Waals surface area contributed by atoms with E-state index in [0.29, 0.717) is 6.42 Å². The Morgan fingerprint density at radius 2 is 2.19 bits per heavy atom. The third-order valence-electron chi connectivity index (χ3n) is 2.78. The molecule has 1 radical (unpaired) electrons. The van der Waals surface area contributed by atoms with E-state index >= 15 is 0 Å². The molecule has 87 valence electrons. The lowest BCUT2D eigenvalue weighted by atomic mass is 9.71. The molecule has 1 aliphatic rings. The first kappa shape index (κ1) is 12.8. The van der Waals surface area contributed by atoms with E-state index in [1.807, 2.05) is 12.2 Å². The number of carbonyl (C=O) groups excluding carboxylic acids is 2. The molecule has 0 bridgehead atoms. The summed E-state index contributed by atoms with van der Waals surface area (Å²) >= 11 is 0. The first-order valence-electron chi connectivity index (χ1n) is 5.29. The van der Waals surface area contributed by atoms with Crippen molar-refractivity contribution in [3.8, 4) is 0 Å². The van der Waals surface area contributed by atoms with Crippen LogP contribution in [-0.2, 0) is 9.59 Å². The fourth-order valence-corrected chi connectivity index (χ4v) is 1.99. The van der Waals surface area contributed by atoms with Gasteiger partial charge in [0, 0.05) is 0 Å². The van der Waals surface area contributed by atoms with E-state index in [2.05, 4.69) is 0 Å². The van der Waals surface area contributed by atoms with Crippen LogP contribution in [0.2, 0.25) is 0 Å². The van der Waals surface area contributed by atoms with Crippen molar-refractivity contribution < 1.29 is 9.59 Å². The Kier molecular flexibility index (Phi) is 4.15. The number of ketones is 1. The highest BCUT2D eigenvalue weighted by molar-refractivity contribution is 5.91. The normalized spacial score (nSPS) is 27.4. The molecule has 0 heterocycles. The zero-order valence-electron chi connectivity index (χ0n) is 9.35. The van der Waals surface area contributed by atoms with Crippen LogP contribution < -0.4 is 11.5 Å². The van der Waals surface area contributed by atoms with Gasteiger partial charge in [-0.3, -0.25) is 9.59 Å². The topological polar surface area (TPSA) is 86.2 Å². The smallest absolute Gasteiger partial charge is 0.216 e. The van der Waals surface area contributed by atoms with Gasteiger partial charge in [-0.1, -0.05) is 24.3 Å². The van der Waals surface area contributed by atoms with Gasteiger partial charge >= 0.3 is 0 Å². The highest BCUT2D eigenvalue weighted by Gasteiger charge is 2.38. The Bertz CT molecular complexity index is 334. The predicted molar refractivity (Wildman–Crippen MR) is 62.3 cm³/mol. The molecular formula is C12H17N2O2. The van der Waals surface area contributed by atoms with E-state index in [9.17, 15) is 9.59 Å². The van der Waals surface area contributed by atoms with Gasteiger partial charge in [0.15, 0.2) is 5.78 Å². The van der Waals surface area contributed by atoms with Gasteiger partial charge in [-0.15, -0.1) is 0 Å². The van der Waals surface area contributed by atoms with Gasteiger partial charge in [0.2, 0.25) is 6.29 Å². The number of rotatable bonds is 5. The van der Waals surface area contributed by atoms with Crippen molar-refractivity contribution in [3.63, 3.8) is 0 Å². The quantitative estimate of drug-likeness (QED) is 0.696. The fraction of sp³-hybridized carbons (Fsp3) is 0.500. The SMILES string of the molecule is C[C@H](N)C(=O)C1(C[C@H](N)[C]=O)C=CC=CC1. The van der Waals surface area contributed by atoms with E-state index in [-0.39, 0.29) is 12.2 Å². The van der Waals surface area contributed by atoms with E-state index in [1.165, 1.54) is 0 Å². The van der Waals surface area contributed by atoms with E-state index in [4.69, 9.17) is 11.5 Å². The van der Waals surface area contributed by atoms with Gasteiger partial charge in [-0.05, 0) is 19.8 Å². The highest BCUT2D eigenvalue weighted by Crippen LogP contribution is 2.34. The monoisotopic (exact) mass is 221 g/mol. The molecule has 3 atom stereocenters. The van der Waals surface area contributed by atoms with Gasteiger partial charge < -0.3 is 11.5 Å². The summed E-state index contributed by atoms with van der Waals surface area (Å²) in [4.78, 5) is 22.6. The van der Waals surface area contributed by atoms with Crippen LogP contribution in [0, 0.1) is 5.41 Å². The molecule has 0 saturated heterocycles. The Morgan fingerprint density at radius 3 is 2.62 bits per heavy atom. The molecule has 16 heavy (non-hydrogen) atoms. The largest absolute Gasteiger partial charge is 0.322 e. The van der Waals surface area contributed by atoms with E-state index in [0.717, 1.165) is 0 Å². The Morgan fingerprint density at radius 1 is 1.50 bits per heavy atom. The summed E-state index contributed by atoms with van der Waals surface area (Å²) in [5.74, 6) is -0.0844. The van der Waals surface area contributed by atoms with E-state index < -0.39 is 17.5 Å². The van der Waals surface area contributed by atoms with Crippen molar-refractivity contribution in [2.24, 2.45) is 16.9 Å². The molecule has 0 aliphatic heterocycles. The molecule has 4 nitrogen and oxygen atoms in total. The summed E-state index contributed by atoms with van der Waals surface area (Å²) in [6.45, 7) is 1.65. The molecule has 1 rings (SSSR count). The van der Waals surface area contributed by atoms with Crippen LogP contribution in [0.25, 0.3) is 0 Å². The molecule has 4 heteroatoms. The summed E-state index contributed by atoms with van der Waals surface area (Å²) in [7, 11) is 0. The second kappa shape index (κ2) is 5.18. The molecule has 4 N–H and O–H groups in total. The highest BCUT2D eigenvalue weighted by atomic mass is 16.1. The maximum atomic E-state index is 12.1. The zero-order valence-corrected chi connectivity index (χ0v) is 9.35. The maximum absolute atomic E-state index is 12.1. The predicted octanol–water partition coefficient (Wildman–Crippen LogP) is 0.232. The van der Waals surface area contributed by atoms with Crippen molar-refractivity contribution in [3.05, 3.63) is 24.3 Å². The lowest BCUT2D eigenvalue weighted by Gasteiger charge is -2.32. The molecule has 0 aromatic rings. The Balaban J connectivity index is 2.93. The van der Waals surface area contributed by atoms with Crippen molar-refractivity contribution in [2.75, 3.05) is 0 Å². The molecule has 1 unspecified atom stereocenters. The minimum absolute atomic E-state index is 0.0844. The lowest BCUT2D eigenvalue weighted by Crippen LogP contribution is -2.44. The second-order valence-corrected chi connectivity index (χ2v) is 4.23. The first-order chi connectivity index (χ1) is 7.52. The standard InChI is InChI=1S/C12H17N2O2/c1-9(13)11(16)12(7-10(14)8-15)5-3-2-4-6-12/h2-5,9-10H,6-7,13-14H2,1H3/t9-,10-,12?/m0/s1. The molecule has 1 aliphatic carbocycles. The Hall–Kier alpha value is -1.26. The summed E-state index contributed by atoms with van der Waals surface area (Å²) in [5.41, 5.74) is 10.4. The number of nitrogens with two attached hydrogens (primary N) is 2. The van der Waals surface area contributed by atoms with Gasteiger partial charge in [0.25, 0.3) is 0 Å². The van der Waals surface area contributed by atoms with Crippen LogP contribution in [0.5, 0.6) is 0 Å². The average Bonchev–Trinajstić information content (AvgIpc) is 2.29. The molecule has 0 spiro atoms. The van der Waals surface area contributed by atoms with Crippen LogP contribution in [0.3, 0.4) is 0 Å². The molecule has 0 aromatic carbocycles. The number of hydrogen-bond donors (Lipinski definition) is 2. The van der Waals surface area contributed by atoms with Gasteiger partial charge in [0.05, 0.1) is 17.5 Å². The van der Waals surface area contributed by atoms with E-state index in [1.54, 1.807) is 25.4 Å². The molecular weight excluding hydrogens is 204 g/mol. The van der Waals surface area contributed by atoms with Crippen molar-refractivity contribution in [1.82, 2.24) is 0 Å². The number of carbonyl (C=O) groups is 1. The van der Waals surface area contributed by atoms with Crippen LogP contribution in [0.1, 0.15) is 19.8 Å². The fourth-order valence-electron chi connectivity index (χ4n) is 1.99. The number of hydrogen-bond acceptors (Lipinski definition) is 4. The van der Waals surface area contributed by atoms with Crippen molar-refractivity contribution in [1.29, 1.82) is 0 Å². The molecule has 0 saturated carbocycles. The van der Waals surface area contributed by atoms with Gasteiger partial charge in [-0.2, -0.15) is 0 Å². The van der Waals surface area contributed by atoms with Crippen LogP contribution in [-0.4, -0.2) is 24.2 Å². The minimum atomic E-state index is -0.751. The third kappa shape index (κ3) is 2.65. The summed E-state index contributed by atoms with van der Waals surface area (Å²) < 4.78 is 0. The first-order valence-corrected chi connectivity index (χ1v) is 5.29. The summed E-state index contributed by atoms with van der Waals surface area (Å²) in [6.07, 6.45) is 9.84. The van der Waals surface area contributed by atoms with Gasteiger partial charge in [0.1, 0.15) is 0 Å². The Labute approximate surface area is 95.4 Å². The van der Waals surface area contributed by atoms with Crippen LogP contribution in [0.15, 0.2) is 24.3 Å². The lowest BCUT2D eigenvalue weighted by molar-refractivity contribution is -0.127. The van der Waals surface area contributed by atoms with Crippen molar-refractivity contribution in [2.45, 2.75) is 31.8 Å². The van der Waals surface area contributed by atoms with Crippen LogP contribution in [0.4, 0.5) is 0 Å². The third-order valence-corrected chi connectivity index (χ3v) is 2.78. The summed E-state index contributed by atoms with van der Waals surface area (Å²) in [6, 6.07) is -1.31. The molecule has 0 fully saturated rings. The molecule has 0 aromatic heterocycles. The summed E-state index contributed by atoms with van der Waals surface area (Å²) in [5, 5.41) is 0. The van der Waals surface area contributed by atoms with Crippen LogP contribution >= 0.6 is 0 Å². The van der Waals surface area contributed by atoms with Gasteiger partial charge in [-0.25, -0.2) is 0 Å². The number of allylic oxidation sites excluding steroid dienone is 4. The van der Waals surface area contributed by atoms with Crippen molar-refractivity contribution >= 4 is 12.1 Å². The number of Topliss-reactive ketones (excluding diaryl/α,β-unsaturated/α-hetero) is 1. The minimum Gasteiger partial charge on any atom is -0.322 e. The zero-order chi connectivity index (χ0) is 12.2.